The van der Waals surface area contributed by atoms with Gasteiger partial charge in [-0.25, -0.2) is 9.37 Å². The minimum Gasteiger partial charge on any atom is -0.290 e. The summed E-state index contributed by atoms with van der Waals surface area (Å²) in [5.74, 6) is -0.00574. The van der Waals surface area contributed by atoms with Crippen molar-refractivity contribution in [2.75, 3.05) is 0 Å². The predicted octanol–water partition coefficient (Wildman–Crippen LogP) is 4.14. The fraction of sp³-hybridized carbons (Fsp3) is 0.0714. The Hall–Kier alpha value is -2.28. The van der Waals surface area contributed by atoms with E-state index in [9.17, 15) is 14.5 Å². The molecule has 0 unspecified atom stereocenters. The van der Waals surface area contributed by atoms with Crippen LogP contribution in [0.1, 0.15) is 5.82 Å². The largest absolute Gasteiger partial charge is 0.294 e. The molecule has 2 aromatic carbocycles. The van der Waals surface area contributed by atoms with Gasteiger partial charge >= 0.3 is 0 Å². The lowest BCUT2D eigenvalue weighted by molar-refractivity contribution is -0.384. The number of para-hydroxylation sites is 2. The molecule has 21 heavy (non-hydrogen) atoms. The van der Waals surface area contributed by atoms with Crippen LogP contribution >= 0.6 is 15.9 Å². The van der Waals surface area contributed by atoms with Crippen molar-refractivity contribution >= 4 is 32.7 Å². The Balaban J connectivity index is 2.40. The molecule has 7 heteroatoms. The van der Waals surface area contributed by atoms with Gasteiger partial charge in [-0.05, 0) is 35.0 Å². The van der Waals surface area contributed by atoms with Crippen molar-refractivity contribution in [3.05, 3.63) is 62.6 Å². The minimum absolute atomic E-state index is 0.0556. The minimum atomic E-state index is -0.562. The van der Waals surface area contributed by atoms with E-state index >= 15 is 0 Å². The second-order valence-corrected chi connectivity index (χ2v) is 5.35. The third-order valence-electron chi connectivity index (χ3n) is 3.18. The molecule has 0 fully saturated rings. The van der Waals surface area contributed by atoms with Crippen LogP contribution < -0.4 is 0 Å². The van der Waals surface area contributed by atoms with Gasteiger partial charge in [0.1, 0.15) is 17.3 Å². The Morgan fingerprint density at radius 2 is 2.05 bits per heavy atom. The van der Waals surface area contributed by atoms with Crippen molar-refractivity contribution in [3.8, 4) is 5.69 Å². The molecule has 3 rings (SSSR count). The summed E-state index contributed by atoms with van der Waals surface area (Å²) in [5, 5.41) is 11.3. The Morgan fingerprint density at radius 1 is 1.33 bits per heavy atom. The third kappa shape index (κ3) is 2.19. The molecular weight excluding hydrogens is 341 g/mol. The molecular formula is C14H9BrFN3O2. The average Bonchev–Trinajstić information content (AvgIpc) is 2.77. The maximum atomic E-state index is 13.8. The van der Waals surface area contributed by atoms with Gasteiger partial charge in [-0.3, -0.25) is 14.7 Å². The van der Waals surface area contributed by atoms with Crippen LogP contribution in [0.25, 0.3) is 16.7 Å². The van der Waals surface area contributed by atoms with E-state index in [1.54, 1.807) is 29.7 Å². The Labute approximate surface area is 127 Å². The highest BCUT2D eigenvalue weighted by molar-refractivity contribution is 9.10. The Morgan fingerprint density at radius 3 is 2.76 bits per heavy atom. The molecule has 0 radical (unpaired) electrons. The molecule has 106 valence electrons. The summed E-state index contributed by atoms with van der Waals surface area (Å²) < 4.78 is 15.5. The molecule has 3 aromatic rings. The summed E-state index contributed by atoms with van der Waals surface area (Å²) in [7, 11) is 0. The van der Waals surface area contributed by atoms with E-state index in [0.717, 1.165) is 6.07 Å². The lowest BCUT2D eigenvalue weighted by Crippen LogP contribution is -2.03. The number of aryl methyl sites for hydroxylation is 1. The predicted molar refractivity (Wildman–Crippen MR) is 80.1 cm³/mol. The maximum absolute atomic E-state index is 13.8. The van der Waals surface area contributed by atoms with Gasteiger partial charge in [0.2, 0.25) is 0 Å². The number of benzene rings is 2. The van der Waals surface area contributed by atoms with E-state index < -0.39 is 10.7 Å². The van der Waals surface area contributed by atoms with Gasteiger partial charge in [0.05, 0.1) is 20.4 Å². The zero-order valence-electron chi connectivity index (χ0n) is 10.9. The normalized spacial score (nSPS) is 11.0. The van der Waals surface area contributed by atoms with Gasteiger partial charge in [0, 0.05) is 12.1 Å². The summed E-state index contributed by atoms with van der Waals surface area (Å²) in [5.41, 5.74) is 1.37. The second-order valence-electron chi connectivity index (χ2n) is 4.50. The standard InChI is InChI=1S/C14H9BrFN3O2/c1-8-17-11-4-2-3-5-12(11)18(8)13-7-10(16)9(15)6-14(13)19(20)21/h2-7H,1H3. The highest BCUT2D eigenvalue weighted by Gasteiger charge is 2.22. The number of hydrogen-bond donors (Lipinski definition) is 0. The summed E-state index contributed by atoms with van der Waals surface area (Å²) in [6.45, 7) is 1.73. The first kappa shape index (κ1) is 13.7. The Kier molecular flexibility index (Phi) is 3.21. The number of hydrogen-bond acceptors (Lipinski definition) is 3. The van der Waals surface area contributed by atoms with Crippen LogP contribution in [0, 0.1) is 22.9 Å². The first-order chi connectivity index (χ1) is 9.99. The maximum Gasteiger partial charge on any atom is 0.294 e. The van der Waals surface area contributed by atoms with Crippen molar-refractivity contribution in [1.82, 2.24) is 9.55 Å². The molecule has 0 amide bonds. The number of halogens is 2. The molecule has 0 N–H and O–H groups in total. The van der Waals surface area contributed by atoms with Crippen molar-refractivity contribution in [2.45, 2.75) is 6.92 Å². The van der Waals surface area contributed by atoms with Gasteiger partial charge < -0.3 is 0 Å². The van der Waals surface area contributed by atoms with Crippen LogP contribution in [0.2, 0.25) is 0 Å². The molecule has 0 spiro atoms. The molecule has 5 nitrogen and oxygen atoms in total. The highest BCUT2D eigenvalue weighted by atomic mass is 79.9. The van der Waals surface area contributed by atoms with Gasteiger partial charge in [-0.1, -0.05) is 12.1 Å². The zero-order chi connectivity index (χ0) is 15.1. The fourth-order valence-corrected chi connectivity index (χ4v) is 2.63. The third-order valence-corrected chi connectivity index (χ3v) is 3.79. The van der Waals surface area contributed by atoms with Crippen LogP contribution in [-0.2, 0) is 0 Å². The fourth-order valence-electron chi connectivity index (χ4n) is 2.30. The van der Waals surface area contributed by atoms with Crippen LogP contribution in [-0.4, -0.2) is 14.5 Å². The van der Waals surface area contributed by atoms with Gasteiger partial charge in [-0.15, -0.1) is 0 Å². The molecule has 0 aliphatic rings. The van der Waals surface area contributed by atoms with E-state index in [1.165, 1.54) is 6.07 Å². The van der Waals surface area contributed by atoms with Crippen molar-refractivity contribution in [1.29, 1.82) is 0 Å². The molecule has 0 bridgehead atoms. The number of imidazole rings is 1. The topological polar surface area (TPSA) is 61.0 Å². The average molecular weight is 350 g/mol. The van der Waals surface area contributed by atoms with E-state index in [1.807, 2.05) is 6.07 Å². The van der Waals surface area contributed by atoms with E-state index in [4.69, 9.17) is 0 Å². The first-order valence-electron chi connectivity index (χ1n) is 6.07. The number of nitro benzene ring substituents is 1. The zero-order valence-corrected chi connectivity index (χ0v) is 12.5. The van der Waals surface area contributed by atoms with Crippen molar-refractivity contribution in [3.63, 3.8) is 0 Å². The SMILES string of the molecule is Cc1nc2ccccc2n1-c1cc(F)c(Br)cc1[N+](=O)[O-]. The Bertz CT molecular complexity index is 876. The van der Waals surface area contributed by atoms with Crippen LogP contribution in [0.3, 0.4) is 0 Å². The molecule has 1 aromatic heterocycles. The van der Waals surface area contributed by atoms with Crippen molar-refractivity contribution < 1.29 is 9.31 Å². The number of aromatic nitrogens is 2. The van der Waals surface area contributed by atoms with Gasteiger partial charge in [-0.2, -0.15) is 0 Å². The van der Waals surface area contributed by atoms with Crippen LogP contribution in [0.5, 0.6) is 0 Å². The van der Waals surface area contributed by atoms with Crippen molar-refractivity contribution in [2.24, 2.45) is 0 Å². The van der Waals surface area contributed by atoms with Crippen LogP contribution in [0.15, 0.2) is 40.9 Å². The number of nitro groups is 1. The lowest BCUT2D eigenvalue weighted by Gasteiger charge is -2.08. The summed E-state index contributed by atoms with van der Waals surface area (Å²) in [6, 6.07) is 9.54. The number of nitrogens with zero attached hydrogens (tertiary/aromatic N) is 3. The highest BCUT2D eigenvalue weighted by Crippen LogP contribution is 2.32. The molecule has 0 atom stereocenters. The summed E-state index contributed by atoms with van der Waals surface area (Å²) in [4.78, 5) is 15.1. The number of rotatable bonds is 2. The van der Waals surface area contributed by atoms with Gasteiger partial charge in [0.15, 0.2) is 0 Å². The quantitative estimate of drug-likeness (QED) is 0.515. The van der Waals surface area contributed by atoms with E-state index in [0.29, 0.717) is 16.9 Å². The number of fused-ring (bicyclic) bond motifs is 1. The smallest absolute Gasteiger partial charge is 0.290 e. The summed E-state index contributed by atoms with van der Waals surface area (Å²) in [6.07, 6.45) is 0. The summed E-state index contributed by atoms with van der Waals surface area (Å²) >= 11 is 2.98. The lowest BCUT2D eigenvalue weighted by atomic mass is 10.2. The molecule has 0 saturated carbocycles. The first-order valence-corrected chi connectivity index (χ1v) is 6.86. The molecule has 1 heterocycles. The van der Waals surface area contributed by atoms with E-state index in [2.05, 4.69) is 20.9 Å². The second kappa shape index (κ2) is 4.92. The van der Waals surface area contributed by atoms with Gasteiger partial charge in [0.25, 0.3) is 5.69 Å². The van der Waals surface area contributed by atoms with Crippen LogP contribution in [0.4, 0.5) is 10.1 Å². The van der Waals surface area contributed by atoms with E-state index in [-0.39, 0.29) is 15.8 Å². The molecule has 0 aliphatic heterocycles. The molecule has 0 aliphatic carbocycles. The molecule has 0 saturated heterocycles. The monoisotopic (exact) mass is 349 g/mol.